The lowest BCUT2D eigenvalue weighted by molar-refractivity contribution is 0.823. The summed E-state index contributed by atoms with van der Waals surface area (Å²) in [6.45, 7) is 3.02. The molecule has 0 aliphatic carbocycles. The molecule has 0 aliphatic rings. The van der Waals surface area contributed by atoms with Crippen molar-refractivity contribution in [1.29, 1.82) is 0 Å². The highest BCUT2D eigenvalue weighted by molar-refractivity contribution is 9.10. The van der Waals surface area contributed by atoms with Gasteiger partial charge in [0.25, 0.3) is 0 Å². The summed E-state index contributed by atoms with van der Waals surface area (Å²) in [5.74, 6) is 1.08. The van der Waals surface area contributed by atoms with Gasteiger partial charge in [0.1, 0.15) is 0 Å². The van der Waals surface area contributed by atoms with Gasteiger partial charge < -0.3 is 5.73 Å². The molecule has 1 nitrogen and oxygen atoms in total. The molecule has 0 saturated carbocycles. The number of thioether (sulfide) groups is 1. The van der Waals surface area contributed by atoms with Crippen molar-refractivity contribution in [3.8, 4) is 0 Å². The fourth-order valence-corrected chi connectivity index (χ4v) is 2.37. The molecular formula is C11H16BrNS. The van der Waals surface area contributed by atoms with Gasteiger partial charge in [-0.2, -0.15) is 11.8 Å². The molecule has 2 N–H and O–H groups in total. The van der Waals surface area contributed by atoms with Crippen LogP contribution in [0.15, 0.2) is 28.7 Å². The fraction of sp³-hybridized carbons (Fsp3) is 0.455. The largest absolute Gasteiger partial charge is 0.330 e. The molecule has 0 spiro atoms. The van der Waals surface area contributed by atoms with Gasteiger partial charge in [-0.05, 0) is 30.7 Å². The third kappa shape index (κ3) is 4.49. The molecule has 0 aromatic heterocycles. The predicted octanol–water partition coefficient (Wildman–Crippen LogP) is 3.42. The van der Waals surface area contributed by atoms with E-state index in [1.807, 2.05) is 11.8 Å². The van der Waals surface area contributed by atoms with Crippen molar-refractivity contribution in [2.75, 3.05) is 6.54 Å². The highest BCUT2D eigenvalue weighted by Crippen LogP contribution is 2.20. The zero-order valence-electron chi connectivity index (χ0n) is 8.37. The lowest BCUT2D eigenvalue weighted by Crippen LogP contribution is -2.07. The van der Waals surface area contributed by atoms with Gasteiger partial charge in [0, 0.05) is 15.5 Å². The molecule has 0 heterocycles. The number of nitrogens with two attached hydrogens (primary N) is 1. The third-order valence-corrected chi connectivity index (χ3v) is 3.85. The lowest BCUT2D eigenvalue weighted by atomic mass is 10.2. The van der Waals surface area contributed by atoms with Gasteiger partial charge in [-0.25, -0.2) is 0 Å². The second kappa shape index (κ2) is 6.49. The van der Waals surface area contributed by atoms with Crippen molar-refractivity contribution in [2.45, 2.75) is 24.3 Å². The van der Waals surface area contributed by atoms with E-state index in [9.17, 15) is 0 Å². The van der Waals surface area contributed by atoms with Crippen LogP contribution in [-0.2, 0) is 5.75 Å². The Morgan fingerprint density at radius 2 is 2.00 bits per heavy atom. The van der Waals surface area contributed by atoms with Gasteiger partial charge in [-0.15, -0.1) is 0 Å². The van der Waals surface area contributed by atoms with Gasteiger partial charge in [0.2, 0.25) is 0 Å². The third-order valence-electron chi connectivity index (χ3n) is 2.02. The lowest BCUT2D eigenvalue weighted by Gasteiger charge is -2.09. The second-order valence-electron chi connectivity index (χ2n) is 3.33. The summed E-state index contributed by atoms with van der Waals surface area (Å²) >= 11 is 5.39. The van der Waals surface area contributed by atoms with Crippen LogP contribution in [0, 0.1) is 0 Å². The molecule has 1 aromatic carbocycles. The molecule has 14 heavy (non-hydrogen) atoms. The van der Waals surface area contributed by atoms with Crippen molar-refractivity contribution >= 4 is 27.7 Å². The van der Waals surface area contributed by atoms with Crippen LogP contribution < -0.4 is 5.73 Å². The van der Waals surface area contributed by atoms with Crippen LogP contribution in [0.5, 0.6) is 0 Å². The Labute approximate surface area is 98.6 Å². The summed E-state index contributed by atoms with van der Waals surface area (Å²) in [4.78, 5) is 0. The first-order valence-electron chi connectivity index (χ1n) is 4.78. The molecule has 0 radical (unpaired) electrons. The molecule has 0 saturated heterocycles. The van der Waals surface area contributed by atoms with Crippen LogP contribution in [0.4, 0.5) is 0 Å². The van der Waals surface area contributed by atoms with Gasteiger partial charge in [-0.1, -0.05) is 35.0 Å². The first kappa shape index (κ1) is 12.1. The summed E-state index contributed by atoms with van der Waals surface area (Å²) in [6.07, 6.45) is 1.10. The van der Waals surface area contributed by atoms with Crippen molar-refractivity contribution in [1.82, 2.24) is 0 Å². The Balaban J connectivity index is 2.34. The highest BCUT2D eigenvalue weighted by atomic mass is 79.9. The van der Waals surface area contributed by atoms with E-state index >= 15 is 0 Å². The summed E-state index contributed by atoms with van der Waals surface area (Å²) < 4.78 is 1.14. The number of hydrogen-bond acceptors (Lipinski definition) is 2. The summed E-state index contributed by atoms with van der Waals surface area (Å²) in [5.41, 5.74) is 6.88. The molecule has 3 heteroatoms. The van der Waals surface area contributed by atoms with E-state index in [0.717, 1.165) is 23.2 Å². The molecule has 78 valence electrons. The number of hydrogen-bond donors (Lipinski definition) is 1. The maximum Gasteiger partial charge on any atom is 0.0187 e. The van der Waals surface area contributed by atoms with Crippen molar-refractivity contribution < 1.29 is 0 Å². The van der Waals surface area contributed by atoms with E-state index < -0.39 is 0 Å². The molecule has 1 unspecified atom stereocenters. The Kier molecular flexibility index (Phi) is 5.60. The first-order valence-corrected chi connectivity index (χ1v) is 6.62. The first-order chi connectivity index (χ1) is 6.72. The van der Waals surface area contributed by atoms with Crippen LogP contribution in [-0.4, -0.2) is 11.8 Å². The monoisotopic (exact) mass is 273 g/mol. The Bertz CT molecular complexity index is 260. The molecule has 0 aliphatic heterocycles. The van der Waals surface area contributed by atoms with Crippen molar-refractivity contribution in [3.05, 3.63) is 34.3 Å². The van der Waals surface area contributed by atoms with Gasteiger partial charge in [0.15, 0.2) is 0 Å². The average molecular weight is 274 g/mol. The summed E-state index contributed by atoms with van der Waals surface area (Å²) in [6, 6.07) is 8.49. The quantitative estimate of drug-likeness (QED) is 0.890. The molecule has 0 fully saturated rings. The Hall–Kier alpha value is 0.01000. The average Bonchev–Trinajstić information content (AvgIpc) is 2.17. The second-order valence-corrected chi connectivity index (χ2v) is 5.67. The minimum absolute atomic E-state index is 0.656. The Morgan fingerprint density at radius 1 is 1.36 bits per heavy atom. The van der Waals surface area contributed by atoms with Crippen LogP contribution in [0.25, 0.3) is 0 Å². The molecule has 0 bridgehead atoms. The number of rotatable bonds is 5. The maximum absolute atomic E-state index is 5.50. The van der Waals surface area contributed by atoms with Crippen molar-refractivity contribution in [2.24, 2.45) is 5.73 Å². The summed E-state index contributed by atoms with van der Waals surface area (Å²) in [5, 5.41) is 0.656. The van der Waals surface area contributed by atoms with Crippen LogP contribution in [0.1, 0.15) is 18.9 Å². The van der Waals surface area contributed by atoms with Crippen LogP contribution >= 0.6 is 27.7 Å². The topological polar surface area (TPSA) is 26.0 Å². The number of halogens is 1. The molecule has 1 rings (SSSR count). The zero-order chi connectivity index (χ0) is 10.4. The van der Waals surface area contributed by atoms with Gasteiger partial charge in [-0.3, -0.25) is 0 Å². The highest BCUT2D eigenvalue weighted by Gasteiger charge is 2.01. The minimum atomic E-state index is 0.656. The maximum atomic E-state index is 5.50. The van der Waals surface area contributed by atoms with Crippen LogP contribution in [0.3, 0.4) is 0 Å². The van der Waals surface area contributed by atoms with Crippen molar-refractivity contribution in [3.63, 3.8) is 0 Å². The fourth-order valence-electron chi connectivity index (χ4n) is 1.14. The van der Waals surface area contributed by atoms with E-state index in [1.54, 1.807) is 0 Å². The zero-order valence-corrected chi connectivity index (χ0v) is 10.8. The standard InChI is InChI=1S/C11H16BrNS/c1-9(6-7-13)14-8-10-2-4-11(12)5-3-10/h2-5,9H,6-8,13H2,1H3. The van der Waals surface area contributed by atoms with Crippen LogP contribution in [0.2, 0.25) is 0 Å². The van der Waals surface area contributed by atoms with E-state index in [-0.39, 0.29) is 0 Å². The minimum Gasteiger partial charge on any atom is -0.330 e. The predicted molar refractivity (Wildman–Crippen MR) is 68.6 cm³/mol. The smallest absolute Gasteiger partial charge is 0.0187 e. The van der Waals surface area contributed by atoms with E-state index in [4.69, 9.17) is 5.73 Å². The molecule has 0 amide bonds. The Morgan fingerprint density at radius 3 is 2.57 bits per heavy atom. The van der Waals surface area contributed by atoms with E-state index in [0.29, 0.717) is 5.25 Å². The summed E-state index contributed by atoms with van der Waals surface area (Å²) in [7, 11) is 0. The molecule has 1 atom stereocenters. The number of benzene rings is 1. The van der Waals surface area contributed by atoms with Gasteiger partial charge >= 0.3 is 0 Å². The van der Waals surface area contributed by atoms with E-state index in [2.05, 4.69) is 47.1 Å². The molecule has 1 aromatic rings. The normalized spacial score (nSPS) is 12.8. The SMILES string of the molecule is CC(CCN)SCc1ccc(Br)cc1. The van der Waals surface area contributed by atoms with E-state index in [1.165, 1.54) is 5.56 Å². The molecular weight excluding hydrogens is 258 g/mol. The van der Waals surface area contributed by atoms with Gasteiger partial charge in [0.05, 0.1) is 0 Å².